The molecule has 6 heteroatoms. The van der Waals surface area contributed by atoms with E-state index in [1.54, 1.807) is 43.1 Å². The molecule has 0 spiro atoms. The first-order chi connectivity index (χ1) is 9.04. The van der Waals surface area contributed by atoms with E-state index >= 15 is 0 Å². The molecule has 0 aliphatic rings. The van der Waals surface area contributed by atoms with Crippen molar-refractivity contribution in [1.82, 2.24) is 14.5 Å². The van der Waals surface area contributed by atoms with E-state index < -0.39 is 0 Å². The predicted octanol–water partition coefficient (Wildman–Crippen LogP) is 1.03. The van der Waals surface area contributed by atoms with E-state index in [2.05, 4.69) is 4.98 Å². The smallest absolute Gasteiger partial charge is 0.253 e. The van der Waals surface area contributed by atoms with E-state index in [0.29, 0.717) is 16.9 Å². The van der Waals surface area contributed by atoms with Gasteiger partial charge in [-0.2, -0.15) is 5.26 Å². The van der Waals surface area contributed by atoms with Gasteiger partial charge >= 0.3 is 0 Å². The Bertz CT molecular complexity index is 666. The summed E-state index contributed by atoms with van der Waals surface area (Å²) in [6.45, 7) is 0. The molecule has 0 aliphatic carbocycles. The van der Waals surface area contributed by atoms with Crippen LogP contribution in [0.4, 0.5) is 5.69 Å². The number of aromatic nitrogens is 2. The third kappa shape index (κ3) is 2.26. The number of nitrogen functional groups attached to an aromatic ring is 1. The van der Waals surface area contributed by atoms with Crippen LogP contribution >= 0.6 is 0 Å². The van der Waals surface area contributed by atoms with E-state index in [0.717, 1.165) is 0 Å². The van der Waals surface area contributed by atoms with Crippen molar-refractivity contribution in [3.8, 4) is 11.8 Å². The minimum Gasteiger partial charge on any atom is -0.397 e. The fourth-order valence-corrected chi connectivity index (χ4v) is 1.75. The fourth-order valence-electron chi connectivity index (χ4n) is 1.75. The van der Waals surface area contributed by atoms with Gasteiger partial charge in [-0.1, -0.05) is 0 Å². The lowest BCUT2D eigenvalue weighted by Crippen LogP contribution is -2.21. The summed E-state index contributed by atoms with van der Waals surface area (Å²) in [5.74, 6) is 0.128. The number of carbonyl (C=O) groups is 1. The maximum absolute atomic E-state index is 11.8. The van der Waals surface area contributed by atoms with Crippen molar-refractivity contribution in [2.75, 3.05) is 19.8 Å². The number of nitriles is 1. The summed E-state index contributed by atoms with van der Waals surface area (Å²) in [6.07, 6.45) is 3.18. The maximum atomic E-state index is 11.8. The Morgan fingerprint density at radius 3 is 2.79 bits per heavy atom. The minimum atomic E-state index is -0.121. The first-order valence-electron chi connectivity index (χ1n) is 5.59. The second-order valence-electron chi connectivity index (χ2n) is 4.21. The van der Waals surface area contributed by atoms with E-state index in [1.165, 1.54) is 11.1 Å². The van der Waals surface area contributed by atoms with Gasteiger partial charge < -0.3 is 10.6 Å². The number of anilines is 1. The molecule has 1 aromatic carbocycles. The van der Waals surface area contributed by atoms with E-state index in [9.17, 15) is 4.79 Å². The molecule has 0 saturated carbocycles. The average molecular weight is 255 g/mol. The first kappa shape index (κ1) is 12.6. The van der Waals surface area contributed by atoms with Crippen molar-refractivity contribution in [3.63, 3.8) is 0 Å². The summed E-state index contributed by atoms with van der Waals surface area (Å²) in [7, 11) is 3.35. The third-order valence-corrected chi connectivity index (χ3v) is 2.68. The molecule has 0 radical (unpaired) electrons. The van der Waals surface area contributed by atoms with Crippen molar-refractivity contribution in [2.45, 2.75) is 0 Å². The van der Waals surface area contributed by atoms with E-state index in [1.807, 2.05) is 6.07 Å². The van der Waals surface area contributed by atoms with Crippen molar-refractivity contribution < 1.29 is 4.79 Å². The molecule has 0 fully saturated rings. The highest BCUT2D eigenvalue weighted by Gasteiger charge is 2.12. The highest BCUT2D eigenvalue weighted by Crippen LogP contribution is 2.20. The number of imidazole rings is 1. The Labute approximate surface area is 110 Å². The number of nitrogens with two attached hydrogens (primary N) is 1. The Kier molecular flexibility index (Phi) is 3.21. The van der Waals surface area contributed by atoms with Crippen LogP contribution in [0.15, 0.2) is 30.6 Å². The van der Waals surface area contributed by atoms with Crippen LogP contribution in [-0.2, 0) is 0 Å². The van der Waals surface area contributed by atoms with Gasteiger partial charge in [0.1, 0.15) is 6.07 Å². The van der Waals surface area contributed by atoms with Crippen LogP contribution < -0.4 is 5.73 Å². The van der Waals surface area contributed by atoms with Crippen LogP contribution in [0.3, 0.4) is 0 Å². The number of hydrogen-bond donors (Lipinski definition) is 1. The normalized spacial score (nSPS) is 9.95. The molecule has 6 nitrogen and oxygen atoms in total. The minimum absolute atomic E-state index is 0.121. The molecule has 0 unspecified atom stereocenters. The van der Waals surface area contributed by atoms with Gasteiger partial charge in [0.2, 0.25) is 5.82 Å². The Hall–Kier alpha value is -2.81. The van der Waals surface area contributed by atoms with Crippen molar-refractivity contribution in [2.24, 2.45) is 0 Å². The summed E-state index contributed by atoms with van der Waals surface area (Å²) in [5.41, 5.74) is 7.50. The molecule has 0 saturated heterocycles. The molecule has 96 valence electrons. The Balaban J connectivity index is 2.47. The van der Waals surface area contributed by atoms with Gasteiger partial charge in [0.05, 0.1) is 11.4 Å². The van der Waals surface area contributed by atoms with Crippen LogP contribution in [0.25, 0.3) is 5.69 Å². The maximum Gasteiger partial charge on any atom is 0.253 e. The van der Waals surface area contributed by atoms with Crippen molar-refractivity contribution in [1.29, 1.82) is 5.26 Å². The van der Waals surface area contributed by atoms with Gasteiger partial charge in [-0.15, -0.1) is 0 Å². The molecule has 2 N–H and O–H groups in total. The molecular formula is C13H13N5O. The molecule has 1 heterocycles. The lowest BCUT2D eigenvalue weighted by molar-refractivity contribution is 0.0827. The van der Waals surface area contributed by atoms with Gasteiger partial charge in [0.15, 0.2) is 0 Å². The summed E-state index contributed by atoms with van der Waals surface area (Å²) in [4.78, 5) is 17.2. The zero-order valence-corrected chi connectivity index (χ0v) is 10.7. The molecular weight excluding hydrogens is 242 g/mol. The monoisotopic (exact) mass is 255 g/mol. The van der Waals surface area contributed by atoms with Crippen LogP contribution in [-0.4, -0.2) is 34.5 Å². The molecule has 0 aliphatic heterocycles. The fraction of sp³-hybridized carbons (Fsp3) is 0.154. The summed E-state index contributed by atoms with van der Waals surface area (Å²) in [5, 5.41) is 8.94. The number of nitrogens with zero attached hydrogens (tertiary/aromatic N) is 4. The van der Waals surface area contributed by atoms with Gasteiger partial charge in [-0.05, 0) is 18.2 Å². The third-order valence-electron chi connectivity index (χ3n) is 2.68. The van der Waals surface area contributed by atoms with Crippen molar-refractivity contribution >= 4 is 11.6 Å². The zero-order chi connectivity index (χ0) is 14.0. The van der Waals surface area contributed by atoms with E-state index in [-0.39, 0.29) is 11.7 Å². The lowest BCUT2D eigenvalue weighted by atomic mass is 10.1. The van der Waals surface area contributed by atoms with Gasteiger partial charge in [-0.25, -0.2) is 4.98 Å². The molecule has 2 aromatic rings. The molecule has 2 rings (SSSR count). The second kappa shape index (κ2) is 4.82. The second-order valence-corrected chi connectivity index (χ2v) is 4.21. The molecule has 1 aromatic heterocycles. The molecule has 0 bridgehead atoms. The van der Waals surface area contributed by atoms with Gasteiger partial charge in [0, 0.05) is 32.1 Å². The number of carbonyl (C=O) groups excluding carboxylic acids is 1. The largest absolute Gasteiger partial charge is 0.397 e. The quantitative estimate of drug-likeness (QED) is 0.812. The lowest BCUT2D eigenvalue weighted by Gasteiger charge is -2.13. The van der Waals surface area contributed by atoms with E-state index in [4.69, 9.17) is 11.0 Å². The Morgan fingerprint density at radius 1 is 1.47 bits per heavy atom. The number of hydrogen-bond acceptors (Lipinski definition) is 4. The van der Waals surface area contributed by atoms with Crippen LogP contribution in [0, 0.1) is 11.3 Å². The summed E-state index contributed by atoms with van der Waals surface area (Å²) < 4.78 is 1.58. The van der Waals surface area contributed by atoms with Crippen LogP contribution in [0.2, 0.25) is 0 Å². The van der Waals surface area contributed by atoms with Gasteiger partial charge in [0.25, 0.3) is 5.91 Å². The predicted molar refractivity (Wildman–Crippen MR) is 70.7 cm³/mol. The van der Waals surface area contributed by atoms with Crippen LogP contribution in [0.5, 0.6) is 0 Å². The number of benzene rings is 1. The zero-order valence-electron chi connectivity index (χ0n) is 10.7. The summed E-state index contributed by atoms with van der Waals surface area (Å²) in [6, 6.07) is 6.95. The number of rotatable bonds is 2. The SMILES string of the molecule is CN(C)C(=O)c1ccc(-n2ccnc2C#N)c(N)c1. The Morgan fingerprint density at radius 2 is 2.21 bits per heavy atom. The van der Waals surface area contributed by atoms with Gasteiger partial charge in [-0.3, -0.25) is 9.36 Å². The number of amides is 1. The highest BCUT2D eigenvalue weighted by atomic mass is 16.2. The first-order valence-corrected chi connectivity index (χ1v) is 5.59. The standard InChI is InChI=1S/C13H13N5O/c1-17(2)13(19)9-3-4-11(10(15)7-9)18-6-5-16-12(18)8-14/h3-7H,15H2,1-2H3. The molecule has 0 atom stereocenters. The van der Waals surface area contributed by atoms with Crippen molar-refractivity contribution in [3.05, 3.63) is 42.0 Å². The average Bonchev–Trinajstić information content (AvgIpc) is 2.85. The molecule has 19 heavy (non-hydrogen) atoms. The molecule has 1 amide bonds. The summed E-state index contributed by atoms with van der Waals surface area (Å²) >= 11 is 0. The van der Waals surface area contributed by atoms with Crippen LogP contribution in [0.1, 0.15) is 16.2 Å². The highest BCUT2D eigenvalue weighted by molar-refractivity contribution is 5.95. The topological polar surface area (TPSA) is 87.9 Å².